The standard InChI is InChI=1S/C15H19N7S/c1-9(2)7-10-8-12(18-17-10)14-21-22-13(19-20-15(22)23-14)11-5-3-4-6-16-11/h3-6,9-10,12,17-18H,7-8H2,1-2H3. The Morgan fingerprint density at radius 1 is 1.30 bits per heavy atom. The Hall–Kier alpha value is -1.90. The average molecular weight is 329 g/mol. The molecule has 0 amide bonds. The van der Waals surface area contributed by atoms with Crippen LogP contribution in [0.5, 0.6) is 0 Å². The fourth-order valence-corrected chi connectivity index (χ4v) is 3.84. The number of aromatic nitrogens is 5. The lowest BCUT2D eigenvalue weighted by atomic mass is 10.0. The molecule has 1 aliphatic heterocycles. The van der Waals surface area contributed by atoms with Crippen LogP contribution >= 0.6 is 11.3 Å². The van der Waals surface area contributed by atoms with Gasteiger partial charge in [0.2, 0.25) is 10.8 Å². The van der Waals surface area contributed by atoms with Gasteiger partial charge in [-0.3, -0.25) is 10.4 Å². The van der Waals surface area contributed by atoms with Crippen LogP contribution in [0, 0.1) is 5.92 Å². The normalized spacial score (nSPS) is 21.5. The smallest absolute Gasteiger partial charge is 0.235 e. The molecule has 23 heavy (non-hydrogen) atoms. The predicted octanol–water partition coefficient (Wildman–Crippen LogP) is 2.20. The van der Waals surface area contributed by atoms with Crippen LogP contribution < -0.4 is 10.9 Å². The Labute approximate surface area is 138 Å². The monoisotopic (exact) mass is 329 g/mol. The molecule has 2 N–H and O–H groups in total. The molecule has 0 saturated carbocycles. The molecule has 1 saturated heterocycles. The van der Waals surface area contributed by atoms with Crippen molar-refractivity contribution in [2.75, 3.05) is 0 Å². The van der Waals surface area contributed by atoms with Gasteiger partial charge in [0.1, 0.15) is 10.7 Å². The van der Waals surface area contributed by atoms with Crippen LogP contribution in [0.3, 0.4) is 0 Å². The molecule has 0 radical (unpaired) electrons. The molecule has 0 aromatic carbocycles. The van der Waals surface area contributed by atoms with Gasteiger partial charge in [-0.25, -0.2) is 5.43 Å². The van der Waals surface area contributed by atoms with Gasteiger partial charge in [0.05, 0.1) is 6.04 Å². The molecule has 1 fully saturated rings. The molecule has 2 unspecified atom stereocenters. The highest BCUT2D eigenvalue weighted by molar-refractivity contribution is 7.16. The molecule has 120 valence electrons. The molecule has 1 aliphatic rings. The highest BCUT2D eigenvalue weighted by Crippen LogP contribution is 2.29. The van der Waals surface area contributed by atoms with E-state index >= 15 is 0 Å². The minimum atomic E-state index is 0.224. The molecule has 3 aromatic rings. The third kappa shape index (κ3) is 2.85. The van der Waals surface area contributed by atoms with Crippen molar-refractivity contribution in [1.82, 2.24) is 35.6 Å². The van der Waals surface area contributed by atoms with Gasteiger partial charge in [-0.15, -0.1) is 10.2 Å². The fourth-order valence-electron chi connectivity index (χ4n) is 2.93. The van der Waals surface area contributed by atoms with E-state index in [1.165, 1.54) is 0 Å². The third-order valence-corrected chi connectivity index (χ3v) is 4.95. The first-order chi connectivity index (χ1) is 11.2. The zero-order chi connectivity index (χ0) is 15.8. The number of pyridine rings is 1. The van der Waals surface area contributed by atoms with Crippen LogP contribution in [0.1, 0.15) is 37.7 Å². The van der Waals surface area contributed by atoms with E-state index < -0.39 is 0 Å². The van der Waals surface area contributed by atoms with Crippen molar-refractivity contribution in [3.8, 4) is 11.5 Å². The number of nitrogens with one attached hydrogen (secondary N) is 2. The summed E-state index contributed by atoms with van der Waals surface area (Å²) in [4.78, 5) is 5.14. The molecule has 3 aromatic heterocycles. The van der Waals surface area contributed by atoms with Crippen molar-refractivity contribution in [1.29, 1.82) is 0 Å². The zero-order valence-electron chi connectivity index (χ0n) is 13.1. The second-order valence-corrected chi connectivity index (χ2v) is 7.26. The summed E-state index contributed by atoms with van der Waals surface area (Å²) >= 11 is 1.58. The predicted molar refractivity (Wildman–Crippen MR) is 88.8 cm³/mol. The van der Waals surface area contributed by atoms with E-state index in [2.05, 4.69) is 39.9 Å². The lowest BCUT2D eigenvalue weighted by Gasteiger charge is -2.10. The Balaban J connectivity index is 1.60. The quantitative estimate of drug-likeness (QED) is 0.764. The number of rotatable bonds is 4. The van der Waals surface area contributed by atoms with Gasteiger partial charge in [-0.05, 0) is 30.9 Å². The Morgan fingerprint density at radius 3 is 3.00 bits per heavy atom. The van der Waals surface area contributed by atoms with Crippen LogP contribution in [0.25, 0.3) is 16.5 Å². The molecular formula is C15H19N7S. The summed E-state index contributed by atoms with van der Waals surface area (Å²) in [6.07, 6.45) is 3.95. The second kappa shape index (κ2) is 5.95. The van der Waals surface area contributed by atoms with E-state index in [1.807, 2.05) is 18.2 Å². The van der Waals surface area contributed by atoms with Crippen molar-refractivity contribution in [3.63, 3.8) is 0 Å². The summed E-state index contributed by atoms with van der Waals surface area (Å²) in [6, 6.07) is 6.46. The van der Waals surface area contributed by atoms with Gasteiger partial charge in [0, 0.05) is 12.2 Å². The van der Waals surface area contributed by atoms with Crippen molar-refractivity contribution < 1.29 is 0 Å². The largest absolute Gasteiger partial charge is 0.254 e. The molecule has 4 heterocycles. The van der Waals surface area contributed by atoms with Gasteiger partial charge in [0.15, 0.2) is 0 Å². The number of hydrogen-bond acceptors (Lipinski definition) is 7. The lowest BCUT2D eigenvalue weighted by Crippen LogP contribution is -2.31. The number of fused-ring (bicyclic) bond motifs is 1. The molecule has 4 rings (SSSR count). The first kappa shape index (κ1) is 14.7. The maximum Gasteiger partial charge on any atom is 0.235 e. The van der Waals surface area contributed by atoms with Gasteiger partial charge in [-0.1, -0.05) is 31.3 Å². The number of hydrazine groups is 1. The van der Waals surface area contributed by atoms with E-state index in [0.29, 0.717) is 17.8 Å². The summed E-state index contributed by atoms with van der Waals surface area (Å²) in [5, 5.41) is 14.2. The molecule has 0 aliphatic carbocycles. The fraction of sp³-hybridized carbons (Fsp3) is 0.467. The maximum absolute atomic E-state index is 4.71. The first-order valence-electron chi connectivity index (χ1n) is 7.85. The Kier molecular flexibility index (Phi) is 3.80. The summed E-state index contributed by atoms with van der Waals surface area (Å²) in [7, 11) is 0. The molecular weight excluding hydrogens is 310 g/mol. The van der Waals surface area contributed by atoms with E-state index in [0.717, 1.165) is 28.5 Å². The third-order valence-electron chi connectivity index (χ3n) is 3.94. The van der Waals surface area contributed by atoms with Gasteiger partial charge in [-0.2, -0.15) is 9.61 Å². The van der Waals surface area contributed by atoms with Crippen LogP contribution in [-0.4, -0.2) is 30.8 Å². The topological polar surface area (TPSA) is 80.0 Å². The summed E-state index contributed by atoms with van der Waals surface area (Å²) in [6.45, 7) is 4.49. The molecule has 0 bridgehead atoms. The van der Waals surface area contributed by atoms with E-state index in [4.69, 9.17) is 5.10 Å². The van der Waals surface area contributed by atoms with Crippen LogP contribution in [0.2, 0.25) is 0 Å². The molecule has 8 heteroatoms. The molecule has 7 nitrogen and oxygen atoms in total. The summed E-state index contributed by atoms with van der Waals surface area (Å²) < 4.78 is 1.79. The summed E-state index contributed by atoms with van der Waals surface area (Å²) in [5.74, 6) is 1.37. The van der Waals surface area contributed by atoms with Crippen molar-refractivity contribution >= 4 is 16.3 Å². The van der Waals surface area contributed by atoms with Gasteiger partial charge >= 0.3 is 0 Å². The highest BCUT2D eigenvalue weighted by atomic mass is 32.1. The van der Waals surface area contributed by atoms with Crippen LogP contribution in [0.15, 0.2) is 24.4 Å². The minimum Gasteiger partial charge on any atom is -0.254 e. The van der Waals surface area contributed by atoms with E-state index in [-0.39, 0.29) is 6.04 Å². The molecule has 2 atom stereocenters. The van der Waals surface area contributed by atoms with E-state index in [1.54, 1.807) is 22.0 Å². The van der Waals surface area contributed by atoms with Crippen LogP contribution in [0.4, 0.5) is 0 Å². The maximum atomic E-state index is 4.71. The van der Waals surface area contributed by atoms with Gasteiger partial charge < -0.3 is 0 Å². The minimum absolute atomic E-state index is 0.224. The highest BCUT2D eigenvalue weighted by Gasteiger charge is 2.29. The Morgan fingerprint density at radius 2 is 2.22 bits per heavy atom. The SMILES string of the molecule is CC(C)CC1CC(c2nn3c(-c4ccccn4)nnc3s2)NN1. The van der Waals surface area contributed by atoms with E-state index in [9.17, 15) is 0 Å². The zero-order valence-corrected chi connectivity index (χ0v) is 13.9. The van der Waals surface area contributed by atoms with Crippen molar-refractivity contribution in [2.24, 2.45) is 5.92 Å². The first-order valence-corrected chi connectivity index (χ1v) is 8.67. The Bertz CT molecular complexity index is 795. The lowest BCUT2D eigenvalue weighted by molar-refractivity contribution is 0.446. The average Bonchev–Trinajstić information content (AvgIpc) is 3.21. The van der Waals surface area contributed by atoms with Crippen LogP contribution in [-0.2, 0) is 0 Å². The summed E-state index contributed by atoms with van der Waals surface area (Å²) in [5.41, 5.74) is 7.52. The number of nitrogens with zero attached hydrogens (tertiary/aromatic N) is 5. The van der Waals surface area contributed by atoms with Crippen molar-refractivity contribution in [3.05, 3.63) is 29.4 Å². The molecule has 0 spiro atoms. The van der Waals surface area contributed by atoms with Gasteiger partial charge in [0.25, 0.3) is 0 Å². The number of hydrogen-bond donors (Lipinski definition) is 2. The second-order valence-electron chi connectivity index (χ2n) is 6.28. The van der Waals surface area contributed by atoms with Crippen molar-refractivity contribution in [2.45, 2.75) is 38.8 Å².